The van der Waals surface area contributed by atoms with E-state index in [1.165, 1.54) is 17.0 Å². The van der Waals surface area contributed by atoms with Gasteiger partial charge in [-0.3, -0.25) is 14.5 Å². The lowest BCUT2D eigenvalue weighted by atomic mass is 9.64. The quantitative estimate of drug-likeness (QED) is 0.611. The van der Waals surface area contributed by atoms with E-state index in [1.807, 2.05) is 0 Å². The summed E-state index contributed by atoms with van der Waals surface area (Å²) in [6.07, 6.45) is 6.98. The number of amides is 1. The first-order valence-electron chi connectivity index (χ1n) is 10.9. The topological polar surface area (TPSA) is 72.6 Å². The van der Waals surface area contributed by atoms with Crippen LogP contribution in [0, 0.1) is 12.7 Å². The second-order valence-corrected chi connectivity index (χ2v) is 14.8. The van der Waals surface area contributed by atoms with Crippen molar-refractivity contribution in [2.45, 2.75) is 30.7 Å². The van der Waals surface area contributed by atoms with Crippen LogP contribution in [0.5, 0.6) is 0 Å². The molecule has 2 aromatic carbocycles. The molecule has 0 unspecified atom stereocenters. The Morgan fingerprint density at radius 3 is 2.58 bits per heavy atom. The summed E-state index contributed by atoms with van der Waals surface area (Å²) in [5.41, 5.74) is 6.12. The molecule has 1 saturated carbocycles. The molecule has 0 saturated heterocycles. The van der Waals surface area contributed by atoms with Crippen molar-refractivity contribution in [2.75, 3.05) is 42.8 Å². The monoisotopic (exact) mass is 492 g/mol. The Morgan fingerprint density at radius 1 is 1.15 bits per heavy atom. The van der Waals surface area contributed by atoms with Gasteiger partial charge in [-0.25, -0.2) is 14.4 Å². The minimum Gasteiger partial charge on any atom is -0.360 e. The first-order chi connectivity index (χ1) is 15.4. The Bertz CT molecular complexity index is 1140. The zero-order valence-electron chi connectivity index (χ0n) is 19.4. The molecule has 1 fully saturated rings. The van der Waals surface area contributed by atoms with E-state index in [1.54, 1.807) is 31.2 Å². The number of halogens is 2. The Balaban J connectivity index is 1.82. The molecule has 1 aliphatic heterocycles. The van der Waals surface area contributed by atoms with Gasteiger partial charge < -0.3 is 10.5 Å². The van der Waals surface area contributed by atoms with Crippen LogP contribution in [0.1, 0.15) is 29.5 Å². The summed E-state index contributed by atoms with van der Waals surface area (Å²) in [5.74, 6) is -0.170. The molecule has 178 valence electrons. The number of ketones is 1. The maximum atomic E-state index is 14.3. The fourth-order valence-corrected chi connectivity index (χ4v) is 5.88. The average Bonchev–Trinajstić information content (AvgIpc) is 3.14. The highest BCUT2D eigenvalue weighted by atomic mass is 35.5. The number of nitrogens with two attached hydrogens (primary N) is 1. The number of Topliss-reactive ketones (excluding diaryl/α,β-unsaturated/α-hetero) is 1. The maximum Gasteiger partial charge on any atom is 0.242 e. The summed E-state index contributed by atoms with van der Waals surface area (Å²) in [7, 11) is -0.743. The second kappa shape index (κ2) is 8.38. The van der Waals surface area contributed by atoms with E-state index in [9.17, 15) is 14.0 Å². The molecule has 2 atom stereocenters. The van der Waals surface area contributed by atoms with Gasteiger partial charge in [-0.2, -0.15) is 0 Å². The largest absolute Gasteiger partial charge is 0.360 e. The fraction of sp³-hybridized carbons (Fsp3) is 0.440. The number of anilines is 1. The Kier molecular flexibility index (Phi) is 6.15. The predicted molar refractivity (Wildman–Crippen MR) is 133 cm³/mol. The predicted octanol–water partition coefficient (Wildman–Crippen LogP) is 4.26. The van der Waals surface area contributed by atoms with Gasteiger partial charge >= 0.3 is 0 Å². The number of rotatable bonds is 6. The summed E-state index contributed by atoms with van der Waals surface area (Å²) < 4.78 is 20.2. The van der Waals surface area contributed by atoms with E-state index in [-0.39, 0.29) is 31.3 Å². The molecule has 2 aliphatic rings. The molecular formula is C25H30ClFN2O3S. The molecule has 1 amide bonds. The summed E-state index contributed by atoms with van der Waals surface area (Å²) in [6, 6.07) is 9.39. The van der Waals surface area contributed by atoms with Crippen LogP contribution in [0.25, 0.3) is 0 Å². The van der Waals surface area contributed by atoms with Gasteiger partial charge in [-0.05, 0) is 73.1 Å². The molecule has 0 radical (unpaired) electrons. The normalized spacial score (nSPS) is 25.2. The molecule has 8 heteroatoms. The van der Waals surface area contributed by atoms with Crippen LogP contribution in [-0.2, 0) is 25.3 Å². The molecule has 2 aromatic rings. The van der Waals surface area contributed by atoms with Crippen molar-refractivity contribution in [3.63, 3.8) is 0 Å². The highest BCUT2D eigenvalue weighted by molar-refractivity contribution is 8.32. The maximum absolute atomic E-state index is 14.3. The standard InChI is InChI=1S/C25H30ClFN2O3S/c1-16-5-7-18(27)14-20(16)25(28)22(30)9-10-24(25)19-8-6-17(26)13-21(19)29(23(24)31)15-32-11-12-33(2,3)4/h5-8,13-14H,9-12,15,28H2,1-4H3/t24-,25+/m0/s1. The molecule has 33 heavy (non-hydrogen) atoms. The molecule has 1 spiro atoms. The van der Waals surface area contributed by atoms with Crippen molar-refractivity contribution in [1.82, 2.24) is 0 Å². The van der Waals surface area contributed by atoms with Crippen LogP contribution in [0.15, 0.2) is 36.4 Å². The van der Waals surface area contributed by atoms with Crippen molar-refractivity contribution in [3.8, 4) is 0 Å². The summed E-state index contributed by atoms with van der Waals surface area (Å²) in [4.78, 5) is 29.0. The molecule has 1 aliphatic carbocycles. The molecular weight excluding hydrogens is 463 g/mol. The summed E-state index contributed by atoms with van der Waals surface area (Å²) in [6.45, 7) is 2.33. The first kappa shape index (κ1) is 24.2. The number of carbonyl (C=O) groups excluding carboxylic acids is 2. The summed E-state index contributed by atoms with van der Waals surface area (Å²) in [5, 5.41) is 0.469. The van der Waals surface area contributed by atoms with Gasteiger partial charge in [0.05, 0.1) is 12.3 Å². The van der Waals surface area contributed by atoms with Gasteiger partial charge in [-0.15, -0.1) is 0 Å². The lowest BCUT2D eigenvalue weighted by Crippen LogP contribution is -2.60. The first-order valence-corrected chi connectivity index (χ1v) is 14.3. The highest BCUT2D eigenvalue weighted by Crippen LogP contribution is 2.58. The van der Waals surface area contributed by atoms with Crippen molar-refractivity contribution >= 4 is 39.0 Å². The molecule has 1 heterocycles. The van der Waals surface area contributed by atoms with Crippen LogP contribution in [0.3, 0.4) is 0 Å². The lowest BCUT2D eigenvalue weighted by Gasteiger charge is -2.39. The molecule has 5 nitrogen and oxygen atoms in total. The van der Waals surface area contributed by atoms with E-state index in [2.05, 4.69) is 18.8 Å². The van der Waals surface area contributed by atoms with Crippen LogP contribution in [-0.4, -0.2) is 49.5 Å². The van der Waals surface area contributed by atoms with E-state index in [4.69, 9.17) is 22.1 Å². The van der Waals surface area contributed by atoms with Crippen LogP contribution in [0.4, 0.5) is 10.1 Å². The number of nitrogens with zero attached hydrogens (tertiary/aromatic N) is 1. The van der Waals surface area contributed by atoms with E-state index in [0.29, 0.717) is 34.0 Å². The van der Waals surface area contributed by atoms with Crippen LogP contribution >= 0.6 is 21.6 Å². The van der Waals surface area contributed by atoms with Gasteiger partial charge in [-0.1, -0.05) is 23.7 Å². The minimum absolute atomic E-state index is 0.0375. The molecule has 2 N–H and O–H groups in total. The second-order valence-electron chi connectivity index (χ2n) is 9.82. The van der Waals surface area contributed by atoms with Crippen LogP contribution < -0.4 is 10.6 Å². The van der Waals surface area contributed by atoms with Crippen molar-refractivity contribution in [2.24, 2.45) is 5.73 Å². The number of hydrogen-bond donors (Lipinski definition) is 1. The van der Waals surface area contributed by atoms with Gasteiger partial charge in [0, 0.05) is 17.2 Å². The van der Waals surface area contributed by atoms with Crippen molar-refractivity contribution < 1.29 is 18.7 Å². The SMILES string of the molecule is Cc1ccc(F)cc1[C@@]1(N)C(=O)CC[C@]12C(=O)N(COCCS(C)(C)C)c1cc(Cl)ccc12. The number of aryl methyl sites for hydroxylation is 1. The van der Waals surface area contributed by atoms with Crippen molar-refractivity contribution in [3.05, 3.63) is 63.9 Å². The smallest absolute Gasteiger partial charge is 0.242 e. The fourth-order valence-electron chi connectivity index (χ4n) is 5.09. The number of ether oxygens (including phenoxy) is 1. The third-order valence-corrected chi connectivity index (χ3v) is 8.47. The lowest BCUT2D eigenvalue weighted by molar-refractivity contribution is -0.131. The number of carbonyl (C=O) groups is 2. The van der Waals surface area contributed by atoms with Gasteiger partial charge in [0.15, 0.2) is 5.78 Å². The zero-order chi connectivity index (χ0) is 24.2. The molecule has 0 bridgehead atoms. The van der Waals surface area contributed by atoms with E-state index < -0.39 is 26.8 Å². The van der Waals surface area contributed by atoms with Gasteiger partial charge in [0.25, 0.3) is 0 Å². The molecule has 4 rings (SSSR count). The Morgan fingerprint density at radius 2 is 1.88 bits per heavy atom. The number of benzene rings is 2. The summed E-state index contributed by atoms with van der Waals surface area (Å²) >= 11 is 6.29. The van der Waals surface area contributed by atoms with Crippen LogP contribution in [0.2, 0.25) is 5.02 Å². The number of hydrogen-bond acceptors (Lipinski definition) is 4. The Hall–Kier alpha value is -1.93. The van der Waals surface area contributed by atoms with E-state index >= 15 is 0 Å². The zero-order valence-corrected chi connectivity index (χ0v) is 21.0. The highest BCUT2D eigenvalue weighted by Gasteiger charge is 2.68. The average molecular weight is 493 g/mol. The minimum atomic E-state index is -1.69. The Labute approximate surface area is 200 Å². The van der Waals surface area contributed by atoms with Gasteiger partial charge in [0.2, 0.25) is 5.91 Å². The van der Waals surface area contributed by atoms with E-state index in [0.717, 1.165) is 5.75 Å². The molecule has 0 aromatic heterocycles. The third-order valence-electron chi connectivity index (χ3n) is 6.85. The van der Waals surface area contributed by atoms with Gasteiger partial charge in [0.1, 0.15) is 23.5 Å². The third kappa shape index (κ3) is 3.79. The van der Waals surface area contributed by atoms with Crippen molar-refractivity contribution in [1.29, 1.82) is 0 Å². The number of fused-ring (bicyclic) bond motifs is 2.